The van der Waals surface area contributed by atoms with Crippen molar-refractivity contribution in [2.75, 3.05) is 11.9 Å². The lowest BCUT2D eigenvalue weighted by atomic mass is 9.96. The lowest BCUT2D eigenvalue weighted by Crippen LogP contribution is -2.38. The van der Waals surface area contributed by atoms with E-state index in [2.05, 4.69) is 17.6 Å². The quantitative estimate of drug-likeness (QED) is 0.632. The first-order chi connectivity index (χ1) is 13.7. The minimum atomic E-state index is -0.944. The van der Waals surface area contributed by atoms with Crippen LogP contribution in [-0.2, 0) is 14.3 Å². The van der Waals surface area contributed by atoms with Crippen molar-refractivity contribution >= 4 is 34.1 Å². The Hall–Kier alpha value is -2.67. The number of anilines is 1. The zero-order valence-corrected chi connectivity index (χ0v) is 18.3. The van der Waals surface area contributed by atoms with E-state index in [1.165, 1.54) is 18.3 Å². The zero-order valence-electron chi connectivity index (χ0n) is 17.5. The Balaban J connectivity index is 2.01. The van der Waals surface area contributed by atoms with Crippen molar-refractivity contribution in [2.24, 2.45) is 0 Å². The fraction of sp³-hybridized carbons (Fsp3) is 0.409. The highest BCUT2D eigenvalue weighted by atomic mass is 32.1. The number of aryl methyl sites for hydroxylation is 1. The number of ether oxygens (including phenoxy) is 1. The van der Waals surface area contributed by atoms with Gasteiger partial charge in [0.15, 0.2) is 6.10 Å². The van der Waals surface area contributed by atoms with Crippen LogP contribution in [0.5, 0.6) is 0 Å². The van der Waals surface area contributed by atoms with Crippen LogP contribution in [0.1, 0.15) is 59.5 Å². The summed E-state index contributed by atoms with van der Waals surface area (Å²) in [7, 11) is 0. The van der Waals surface area contributed by atoms with Crippen molar-refractivity contribution in [1.29, 1.82) is 0 Å². The third-order valence-electron chi connectivity index (χ3n) is 4.82. The molecular formula is C22H28N2O4S. The van der Waals surface area contributed by atoms with Crippen LogP contribution in [0, 0.1) is 13.8 Å². The summed E-state index contributed by atoms with van der Waals surface area (Å²) in [6.07, 6.45) is -0.0631. The molecule has 6 nitrogen and oxygen atoms in total. The molecular weight excluding hydrogens is 388 g/mol. The molecule has 0 spiro atoms. The first-order valence-electron chi connectivity index (χ1n) is 9.65. The molecule has 1 heterocycles. The monoisotopic (exact) mass is 416 g/mol. The van der Waals surface area contributed by atoms with Gasteiger partial charge in [0.05, 0.1) is 5.56 Å². The van der Waals surface area contributed by atoms with Gasteiger partial charge in [0.2, 0.25) is 5.91 Å². The molecule has 0 aliphatic heterocycles. The smallest absolute Gasteiger partial charge is 0.342 e. The van der Waals surface area contributed by atoms with E-state index in [4.69, 9.17) is 4.74 Å². The number of benzene rings is 1. The summed E-state index contributed by atoms with van der Waals surface area (Å²) >= 11 is 1.31. The minimum Gasteiger partial charge on any atom is -0.449 e. The van der Waals surface area contributed by atoms with E-state index in [1.807, 2.05) is 37.3 Å². The maximum absolute atomic E-state index is 12.7. The molecule has 2 aromatic rings. The maximum Gasteiger partial charge on any atom is 0.342 e. The second-order valence-electron chi connectivity index (χ2n) is 6.98. The number of thiophene rings is 1. The zero-order chi connectivity index (χ0) is 21.6. The van der Waals surface area contributed by atoms with E-state index >= 15 is 0 Å². The normalized spacial score (nSPS) is 12.7. The van der Waals surface area contributed by atoms with Crippen molar-refractivity contribution in [2.45, 2.75) is 53.1 Å². The highest BCUT2D eigenvalue weighted by Gasteiger charge is 2.26. The standard InChI is InChI=1S/C22H28N2O4S/c1-6-17(18-10-8-7-9-11-18)12-23-20(26)14(3)28-22(27)19-13(2)15(4)29-21(19)24-16(5)25/h7-11,14,17H,6,12H2,1-5H3,(H,23,26)(H,24,25)/t14-,17-/m0/s1. The molecule has 29 heavy (non-hydrogen) atoms. The van der Waals surface area contributed by atoms with E-state index in [9.17, 15) is 14.4 Å². The highest BCUT2D eigenvalue weighted by Crippen LogP contribution is 2.33. The molecule has 7 heteroatoms. The Morgan fingerprint density at radius 1 is 1.14 bits per heavy atom. The van der Waals surface area contributed by atoms with Gasteiger partial charge in [-0.15, -0.1) is 11.3 Å². The van der Waals surface area contributed by atoms with Gasteiger partial charge in [-0.05, 0) is 38.3 Å². The Morgan fingerprint density at radius 3 is 2.38 bits per heavy atom. The summed E-state index contributed by atoms with van der Waals surface area (Å²) in [5, 5.41) is 5.98. The summed E-state index contributed by atoms with van der Waals surface area (Å²) in [6.45, 7) is 9.13. The lowest BCUT2D eigenvalue weighted by Gasteiger charge is -2.19. The number of hydrogen-bond donors (Lipinski definition) is 2. The van der Waals surface area contributed by atoms with Gasteiger partial charge in [-0.3, -0.25) is 9.59 Å². The number of amides is 2. The summed E-state index contributed by atoms with van der Waals surface area (Å²) < 4.78 is 5.39. The van der Waals surface area contributed by atoms with Gasteiger partial charge in [0.25, 0.3) is 5.91 Å². The van der Waals surface area contributed by atoms with Crippen molar-refractivity contribution in [3.05, 3.63) is 51.9 Å². The van der Waals surface area contributed by atoms with Gasteiger partial charge in [-0.25, -0.2) is 4.79 Å². The molecule has 0 saturated carbocycles. The predicted octanol–water partition coefficient (Wildman–Crippen LogP) is 4.18. The van der Waals surface area contributed by atoms with Crippen LogP contribution in [0.25, 0.3) is 0 Å². The molecule has 0 saturated heterocycles. The van der Waals surface area contributed by atoms with Gasteiger partial charge < -0.3 is 15.4 Å². The average Bonchev–Trinajstić information content (AvgIpc) is 2.95. The van der Waals surface area contributed by atoms with Crippen LogP contribution in [0.4, 0.5) is 5.00 Å². The van der Waals surface area contributed by atoms with Gasteiger partial charge in [-0.2, -0.15) is 0 Å². The van der Waals surface area contributed by atoms with Crippen LogP contribution in [0.15, 0.2) is 30.3 Å². The van der Waals surface area contributed by atoms with E-state index in [1.54, 1.807) is 13.8 Å². The van der Waals surface area contributed by atoms with Crippen LogP contribution in [0.2, 0.25) is 0 Å². The summed E-state index contributed by atoms with van der Waals surface area (Å²) in [5.74, 6) is -1.04. The molecule has 2 rings (SSSR count). The Labute approximate surface area is 175 Å². The van der Waals surface area contributed by atoms with Crippen LogP contribution >= 0.6 is 11.3 Å². The molecule has 0 unspecified atom stereocenters. The first-order valence-corrected chi connectivity index (χ1v) is 10.5. The molecule has 2 atom stereocenters. The van der Waals surface area contributed by atoms with E-state index in [0.29, 0.717) is 17.1 Å². The second-order valence-corrected chi connectivity index (χ2v) is 8.20. The molecule has 0 radical (unpaired) electrons. The van der Waals surface area contributed by atoms with Gasteiger partial charge >= 0.3 is 5.97 Å². The molecule has 1 aromatic carbocycles. The first kappa shape index (κ1) is 22.6. The molecule has 0 bridgehead atoms. The SMILES string of the molecule is CC[C@@H](CNC(=O)[C@H](C)OC(=O)c1c(NC(C)=O)sc(C)c1C)c1ccccc1. The molecule has 156 valence electrons. The van der Waals surface area contributed by atoms with E-state index in [-0.39, 0.29) is 17.7 Å². The molecule has 0 aliphatic carbocycles. The molecule has 2 amide bonds. The summed E-state index contributed by atoms with van der Waals surface area (Å²) in [6, 6.07) is 9.98. The van der Waals surface area contributed by atoms with Crippen molar-refractivity contribution < 1.29 is 19.1 Å². The van der Waals surface area contributed by atoms with Crippen LogP contribution in [0.3, 0.4) is 0 Å². The fourth-order valence-electron chi connectivity index (χ4n) is 2.98. The molecule has 0 fully saturated rings. The third-order valence-corrected chi connectivity index (χ3v) is 5.94. The van der Waals surface area contributed by atoms with Gasteiger partial charge in [-0.1, -0.05) is 37.3 Å². The topological polar surface area (TPSA) is 84.5 Å². The fourth-order valence-corrected chi connectivity index (χ4v) is 4.08. The summed E-state index contributed by atoms with van der Waals surface area (Å²) in [4.78, 5) is 37.4. The Bertz CT molecular complexity index is 876. The van der Waals surface area contributed by atoms with Crippen molar-refractivity contribution in [3.63, 3.8) is 0 Å². The van der Waals surface area contributed by atoms with Crippen LogP contribution < -0.4 is 10.6 Å². The molecule has 1 aromatic heterocycles. The number of rotatable bonds is 8. The van der Waals surface area contributed by atoms with Crippen LogP contribution in [-0.4, -0.2) is 30.4 Å². The number of esters is 1. The molecule has 0 aliphatic rings. The van der Waals surface area contributed by atoms with Crippen molar-refractivity contribution in [3.8, 4) is 0 Å². The second kappa shape index (κ2) is 10.2. The van der Waals surface area contributed by atoms with Gasteiger partial charge in [0, 0.05) is 24.3 Å². The maximum atomic E-state index is 12.7. The Morgan fingerprint density at radius 2 is 1.79 bits per heavy atom. The molecule has 2 N–H and O–H groups in total. The number of nitrogens with one attached hydrogen (secondary N) is 2. The van der Waals surface area contributed by atoms with Crippen molar-refractivity contribution in [1.82, 2.24) is 5.32 Å². The third kappa shape index (κ3) is 5.90. The minimum absolute atomic E-state index is 0.191. The number of hydrogen-bond acceptors (Lipinski definition) is 5. The largest absolute Gasteiger partial charge is 0.449 e. The Kier molecular flexibility index (Phi) is 7.96. The predicted molar refractivity (Wildman–Crippen MR) is 115 cm³/mol. The number of carbonyl (C=O) groups is 3. The van der Waals surface area contributed by atoms with E-state index < -0.39 is 12.1 Å². The lowest BCUT2D eigenvalue weighted by molar-refractivity contribution is -0.129. The number of carbonyl (C=O) groups excluding carboxylic acids is 3. The van der Waals surface area contributed by atoms with E-state index in [0.717, 1.165) is 22.4 Å². The van der Waals surface area contributed by atoms with Gasteiger partial charge in [0.1, 0.15) is 5.00 Å². The average molecular weight is 417 g/mol. The highest BCUT2D eigenvalue weighted by molar-refractivity contribution is 7.16. The summed E-state index contributed by atoms with van der Waals surface area (Å²) in [5.41, 5.74) is 2.20.